The first-order chi connectivity index (χ1) is 28.2. The van der Waals surface area contributed by atoms with Crippen LogP contribution in [-0.2, 0) is 0 Å². The first-order valence-corrected chi connectivity index (χ1v) is 20.3. The van der Waals surface area contributed by atoms with E-state index in [-0.39, 0.29) is 0 Å². The molecule has 6 nitrogen and oxygen atoms in total. The first kappa shape index (κ1) is 32.1. The number of hydrogen-bond acceptors (Lipinski definition) is 8. The molecule has 57 heavy (non-hydrogen) atoms. The van der Waals surface area contributed by atoms with E-state index in [0.29, 0.717) is 23.3 Å². The van der Waals surface area contributed by atoms with Crippen LogP contribution in [-0.4, -0.2) is 24.9 Å². The molecule has 0 aliphatic carbocycles. The number of fused-ring (bicyclic) bond motifs is 9. The van der Waals surface area contributed by atoms with Crippen LogP contribution in [0.25, 0.3) is 119 Å². The van der Waals surface area contributed by atoms with Gasteiger partial charge in [0, 0.05) is 68.8 Å². The highest BCUT2D eigenvalue weighted by molar-refractivity contribution is 7.26. The van der Waals surface area contributed by atoms with Crippen molar-refractivity contribution in [3.63, 3.8) is 0 Å². The number of benzene rings is 7. The molecule has 266 valence electrons. The molecule has 0 atom stereocenters. The summed E-state index contributed by atoms with van der Waals surface area (Å²) in [6, 6.07) is 56.1. The minimum absolute atomic E-state index is 0.569. The molecule has 0 amide bonds. The first-order valence-electron chi connectivity index (χ1n) is 18.7. The van der Waals surface area contributed by atoms with E-state index in [0.717, 1.165) is 80.5 Å². The Kier molecular flexibility index (Phi) is 7.17. The highest BCUT2D eigenvalue weighted by Crippen LogP contribution is 2.46. The van der Waals surface area contributed by atoms with Crippen molar-refractivity contribution in [3.8, 4) is 56.8 Å². The Balaban J connectivity index is 1.15. The van der Waals surface area contributed by atoms with Crippen molar-refractivity contribution in [2.24, 2.45) is 0 Å². The highest BCUT2D eigenvalue weighted by atomic mass is 32.1. The smallest absolute Gasteiger partial charge is 0.165 e. The standard InChI is InChI=1S/C49H27N5OS2/c1-3-14-28(15-4-1)46-50-42-32-19-8-10-27-39(32)57-45(42)43(51-46)33-21-12-24-36-40(33)41-34(22-13-25-37(41)55-36)48-52-47(29-16-5-2-6-17-29)53-49(54-48)35-23-11-20-31-30-18-7-9-26-38(30)56-44(31)35/h1-27H. The summed E-state index contributed by atoms with van der Waals surface area (Å²) in [5, 5.41) is 5.41. The summed E-state index contributed by atoms with van der Waals surface area (Å²) < 4.78 is 11.2. The number of furan rings is 1. The van der Waals surface area contributed by atoms with Gasteiger partial charge in [-0.1, -0.05) is 133 Å². The average Bonchev–Trinajstić information content (AvgIpc) is 3.98. The maximum Gasteiger partial charge on any atom is 0.165 e. The van der Waals surface area contributed by atoms with Gasteiger partial charge in [-0.15, -0.1) is 22.7 Å². The Morgan fingerprint density at radius 3 is 1.60 bits per heavy atom. The van der Waals surface area contributed by atoms with Gasteiger partial charge in [-0.25, -0.2) is 24.9 Å². The summed E-state index contributed by atoms with van der Waals surface area (Å²) in [5.74, 6) is 2.47. The van der Waals surface area contributed by atoms with E-state index < -0.39 is 0 Å². The minimum Gasteiger partial charge on any atom is -0.456 e. The number of thiophene rings is 2. The largest absolute Gasteiger partial charge is 0.456 e. The van der Waals surface area contributed by atoms with Gasteiger partial charge in [0.05, 0.1) is 15.9 Å². The molecule has 7 aromatic carbocycles. The minimum atomic E-state index is 0.569. The lowest BCUT2D eigenvalue weighted by atomic mass is 9.99. The van der Waals surface area contributed by atoms with E-state index in [1.54, 1.807) is 22.7 Å². The second-order valence-corrected chi connectivity index (χ2v) is 16.1. The lowest BCUT2D eigenvalue weighted by molar-refractivity contribution is 0.669. The summed E-state index contributed by atoms with van der Waals surface area (Å²) >= 11 is 3.48. The third-order valence-electron chi connectivity index (χ3n) is 10.6. The fraction of sp³-hybridized carbons (Fsp3) is 0. The maximum absolute atomic E-state index is 6.67. The van der Waals surface area contributed by atoms with Crippen molar-refractivity contribution in [1.29, 1.82) is 0 Å². The van der Waals surface area contributed by atoms with E-state index in [9.17, 15) is 0 Å². The second kappa shape index (κ2) is 12.7. The van der Waals surface area contributed by atoms with Crippen LogP contribution in [0.2, 0.25) is 0 Å². The van der Waals surface area contributed by atoms with Crippen molar-refractivity contribution in [2.45, 2.75) is 0 Å². The van der Waals surface area contributed by atoms with Crippen LogP contribution in [0.1, 0.15) is 0 Å². The van der Waals surface area contributed by atoms with Crippen LogP contribution in [0, 0.1) is 0 Å². The zero-order valence-corrected chi connectivity index (χ0v) is 31.7. The number of hydrogen-bond donors (Lipinski definition) is 0. The number of nitrogens with zero attached hydrogens (tertiary/aromatic N) is 5. The molecular weight excluding hydrogens is 739 g/mol. The topological polar surface area (TPSA) is 77.6 Å². The molecule has 0 bridgehead atoms. The van der Waals surface area contributed by atoms with E-state index >= 15 is 0 Å². The molecule has 12 aromatic rings. The Bertz CT molecular complexity index is 3540. The van der Waals surface area contributed by atoms with Crippen LogP contribution in [0.4, 0.5) is 0 Å². The van der Waals surface area contributed by atoms with Gasteiger partial charge in [0.25, 0.3) is 0 Å². The summed E-state index contributed by atoms with van der Waals surface area (Å²) in [4.78, 5) is 26.2. The van der Waals surface area contributed by atoms with Crippen LogP contribution in [0.3, 0.4) is 0 Å². The Morgan fingerprint density at radius 1 is 0.351 bits per heavy atom. The van der Waals surface area contributed by atoms with Gasteiger partial charge in [-0.2, -0.15) is 0 Å². The summed E-state index contributed by atoms with van der Waals surface area (Å²) in [6.07, 6.45) is 0. The summed E-state index contributed by atoms with van der Waals surface area (Å²) in [6.45, 7) is 0. The van der Waals surface area contributed by atoms with E-state index in [2.05, 4.69) is 91.0 Å². The Labute approximate surface area is 333 Å². The monoisotopic (exact) mass is 765 g/mol. The van der Waals surface area contributed by atoms with Gasteiger partial charge in [0.15, 0.2) is 23.3 Å². The second-order valence-electron chi connectivity index (χ2n) is 14.0. The SMILES string of the molecule is c1ccc(-c2nc(-c3cccc4c3sc3ccccc34)nc(-c3cccc4oc5cccc(-c6nc(-c7ccccc7)nc7c6sc6ccccc67)c5c34)n2)cc1. The van der Waals surface area contributed by atoms with Gasteiger partial charge in [0.2, 0.25) is 0 Å². The van der Waals surface area contributed by atoms with Crippen LogP contribution < -0.4 is 0 Å². The van der Waals surface area contributed by atoms with Gasteiger partial charge < -0.3 is 4.42 Å². The zero-order chi connectivity index (χ0) is 37.5. The molecule has 0 N–H and O–H groups in total. The molecule has 0 aliphatic heterocycles. The van der Waals surface area contributed by atoms with Gasteiger partial charge in [-0.05, 0) is 30.3 Å². The molecule has 0 radical (unpaired) electrons. The molecular formula is C49H27N5OS2. The van der Waals surface area contributed by atoms with Crippen molar-refractivity contribution in [1.82, 2.24) is 24.9 Å². The molecule has 0 spiro atoms. The van der Waals surface area contributed by atoms with E-state index in [1.807, 2.05) is 72.8 Å². The van der Waals surface area contributed by atoms with E-state index in [4.69, 9.17) is 29.3 Å². The van der Waals surface area contributed by atoms with Gasteiger partial charge >= 0.3 is 0 Å². The van der Waals surface area contributed by atoms with Crippen molar-refractivity contribution >= 4 is 85.1 Å². The van der Waals surface area contributed by atoms with Crippen molar-refractivity contribution in [2.75, 3.05) is 0 Å². The molecule has 8 heteroatoms. The lowest BCUT2D eigenvalue weighted by Crippen LogP contribution is -2.00. The fourth-order valence-electron chi connectivity index (χ4n) is 8.00. The summed E-state index contributed by atoms with van der Waals surface area (Å²) in [5.41, 5.74) is 7.97. The lowest BCUT2D eigenvalue weighted by Gasteiger charge is -2.11. The molecule has 0 aliphatic rings. The van der Waals surface area contributed by atoms with Gasteiger partial charge in [0.1, 0.15) is 11.2 Å². The summed E-state index contributed by atoms with van der Waals surface area (Å²) in [7, 11) is 0. The Hall–Kier alpha value is -7.13. The molecule has 0 saturated carbocycles. The predicted molar refractivity (Wildman–Crippen MR) is 236 cm³/mol. The maximum atomic E-state index is 6.67. The normalized spacial score (nSPS) is 11.9. The molecule has 5 aromatic heterocycles. The average molecular weight is 766 g/mol. The molecule has 12 rings (SSSR count). The molecule has 0 unspecified atom stereocenters. The van der Waals surface area contributed by atoms with Crippen molar-refractivity contribution < 1.29 is 4.42 Å². The number of rotatable bonds is 5. The van der Waals surface area contributed by atoms with Crippen LogP contribution in [0.15, 0.2) is 168 Å². The van der Waals surface area contributed by atoms with Crippen LogP contribution in [0.5, 0.6) is 0 Å². The Morgan fingerprint density at radius 2 is 0.860 bits per heavy atom. The third kappa shape index (κ3) is 5.12. The van der Waals surface area contributed by atoms with Crippen LogP contribution >= 0.6 is 22.7 Å². The third-order valence-corrected chi connectivity index (χ3v) is 13.0. The highest BCUT2D eigenvalue weighted by Gasteiger charge is 2.24. The fourth-order valence-corrected chi connectivity index (χ4v) is 10.4. The van der Waals surface area contributed by atoms with Crippen molar-refractivity contribution in [3.05, 3.63) is 164 Å². The zero-order valence-electron chi connectivity index (χ0n) is 30.0. The van der Waals surface area contributed by atoms with Gasteiger partial charge in [-0.3, -0.25) is 0 Å². The molecule has 5 heterocycles. The van der Waals surface area contributed by atoms with E-state index in [1.165, 1.54) is 15.5 Å². The number of aromatic nitrogens is 5. The molecule has 0 saturated heterocycles. The quantitative estimate of drug-likeness (QED) is 0.174. The predicted octanol–water partition coefficient (Wildman–Crippen LogP) is 13.6. The molecule has 0 fully saturated rings.